The molecule has 144 valence electrons. The minimum Gasteiger partial charge on any atom is -0.355 e. The first-order valence-corrected chi connectivity index (χ1v) is 9.26. The Morgan fingerprint density at radius 3 is 2.22 bits per heavy atom. The highest BCUT2D eigenvalue weighted by atomic mass is 16.2. The number of nitrogens with one attached hydrogen (secondary N) is 2. The lowest BCUT2D eigenvalue weighted by molar-refractivity contribution is -0.125. The van der Waals surface area contributed by atoms with Crippen molar-refractivity contribution < 1.29 is 9.59 Å². The third-order valence-corrected chi connectivity index (χ3v) is 4.87. The molecule has 27 heavy (non-hydrogen) atoms. The number of carbonyl (C=O) groups excluding carboxylic acids is 2. The Hall–Kier alpha value is -2.66. The van der Waals surface area contributed by atoms with E-state index < -0.39 is 0 Å². The quantitative estimate of drug-likeness (QED) is 0.754. The van der Waals surface area contributed by atoms with E-state index in [1.165, 1.54) is 5.56 Å². The van der Waals surface area contributed by atoms with Gasteiger partial charge in [-0.2, -0.15) is 0 Å². The van der Waals surface area contributed by atoms with Crippen molar-refractivity contribution in [1.82, 2.24) is 15.5 Å². The van der Waals surface area contributed by atoms with E-state index >= 15 is 0 Å². The number of hydrogen-bond acceptors (Lipinski definition) is 3. The summed E-state index contributed by atoms with van der Waals surface area (Å²) in [4.78, 5) is 26.1. The molecule has 5 nitrogen and oxygen atoms in total. The highest BCUT2D eigenvalue weighted by molar-refractivity contribution is 5.93. The van der Waals surface area contributed by atoms with Gasteiger partial charge in [-0.15, -0.1) is 0 Å². The average Bonchev–Trinajstić information content (AvgIpc) is 2.71. The van der Waals surface area contributed by atoms with Gasteiger partial charge in [0, 0.05) is 25.7 Å². The van der Waals surface area contributed by atoms with Gasteiger partial charge in [0.25, 0.3) is 5.91 Å². The summed E-state index contributed by atoms with van der Waals surface area (Å²) in [5, 5.41) is 5.65. The van der Waals surface area contributed by atoms with Gasteiger partial charge in [-0.1, -0.05) is 49.4 Å². The molecular formula is C22H29N3O2. The van der Waals surface area contributed by atoms with E-state index in [0.29, 0.717) is 18.7 Å². The second-order valence-corrected chi connectivity index (χ2v) is 6.92. The summed E-state index contributed by atoms with van der Waals surface area (Å²) < 4.78 is 0. The molecule has 2 N–H and O–H groups in total. The Kier molecular flexibility index (Phi) is 7.55. The van der Waals surface area contributed by atoms with Crippen LogP contribution in [-0.2, 0) is 11.3 Å². The molecule has 2 amide bonds. The Bertz CT molecular complexity index is 744. The van der Waals surface area contributed by atoms with Crippen molar-refractivity contribution in [2.75, 3.05) is 20.6 Å². The lowest BCUT2D eigenvalue weighted by Crippen LogP contribution is -2.43. The van der Waals surface area contributed by atoms with Crippen molar-refractivity contribution in [2.45, 2.75) is 32.4 Å². The van der Waals surface area contributed by atoms with Gasteiger partial charge in [0.15, 0.2) is 0 Å². The predicted octanol–water partition coefficient (Wildman–Crippen LogP) is 2.79. The maximum Gasteiger partial charge on any atom is 0.251 e. The normalized spacial score (nSPS) is 13.1. The molecule has 0 aliphatic rings. The number of rotatable bonds is 8. The average molecular weight is 367 g/mol. The van der Waals surface area contributed by atoms with Crippen molar-refractivity contribution in [2.24, 2.45) is 0 Å². The van der Waals surface area contributed by atoms with Crippen molar-refractivity contribution in [1.29, 1.82) is 0 Å². The predicted molar refractivity (Wildman–Crippen MR) is 109 cm³/mol. The fraction of sp³-hybridized carbons (Fsp3) is 0.364. The van der Waals surface area contributed by atoms with Gasteiger partial charge in [-0.3, -0.25) is 14.5 Å². The van der Waals surface area contributed by atoms with Crippen LogP contribution in [0.4, 0.5) is 0 Å². The van der Waals surface area contributed by atoms with E-state index in [0.717, 1.165) is 5.56 Å². The van der Waals surface area contributed by atoms with Crippen molar-refractivity contribution in [3.63, 3.8) is 0 Å². The van der Waals surface area contributed by atoms with Crippen molar-refractivity contribution in [3.8, 4) is 0 Å². The van der Waals surface area contributed by atoms with Gasteiger partial charge in [-0.25, -0.2) is 0 Å². The van der Waals surface area contributed by atoms with Crippen LogP contribution in [-0.4, -0.2) is 43.4 Å². The van der Waals surface area contributed by atoms with Crippen LogP contribution in [0.15, 0.2) is 54.6 Å². The van der Waals surface area contributed by atoms with Gasteiger partial charge in [0.2, 0.25) is 5.91 Å². The molecular weight excluding hydrogens is 338 g/mol. The minimum atomic E-state index is -0.244. The van der Waals surface area contributed by atoms with Crippen LogP contribution in [0.25, 0.3) is 0 Å². The van der Waals surface area contributed by atoms with E-state index in [-0.39, 0.29) is 23.8 Å². The molecule has 2 unspecified atom stereocenters. The first-order chi connectivity index (χ1) is 12.9. The Balaban J connectivity index is 1.85. The molecule has 0 bridgehead atoms. The van der Waals surface area contributed by atoms with Crippen LogP contribution in [0.2, 0.25) is 0 Å². The van der Waals surface area contributed by atoms with Gasteiger partial charge < -0.3 is 10.6 Å². The van der Waals surface area contributed by atoms with Gasteiger partial charge in [-0.05, 0) is 43.1 Å². The summed E-state index contributed by atoms with van der Waals surface area (Å²) >= 11 is 0. The molecule has 2 rings (SSSR count). The van der Waals surface area contributed by atoms with Crippen LogP contribution in [0, 0.1) is 0 Å². The summed E-state index contributed by atoms with van der Waals surface area (Å²) in [6.45, 7) is 5.26. The van der Waals surface area contributed by atoms with Gasteiger partial charge in [0.1, 0.15) is 0 Å². The molecule has 2 aromatic rings. The molecule has 0 radical (unpaired) electrons. The lowest BCUT2D eigenvalue weighted by atomic mass is 10.0. The molecule has 0 saturated heterocycles. The molecule has 0 aliphatic heterocycles. The Morgan fingerprint density at radius 2 is 1.63 bits per heavy atom. The number of nitrogens with zero attached hydrogens (tertiary/aromatic N) is 1. The zero-order valence-corrected chi connectivity index (χ0v) is 16.5. The maximum atomic E-state index is 12.5. The molecule has 0 spiro atoms. The van der Waals surface area contributed by atoms with Crippen molar-refractivity contribution >= 4 is 11.8 Å². The second-order valence-electron chi connectivity index (χ2n) is 6.92. The third-order valence-electron chi connectivity index (χ3n) is 4.87. The number of benzene rings is 2. The van der Waals surface area contributed by atoms with Crippen LogP contribution < -0.4 is 10.6 Å². The highest BCUT2D eigenvalue weighted by Crippen LogP contribution is 2.13. The first kappa shape index (κ1) is 20.6. The first-order valence-electron chi connectivity index (χ1n) is 9.26. The standard InChI is InChI=1S/C22H29N3O2/c1-16(19-8-6-5-7-9-19)14-24-21(26)17(2)25(4)15-18-10-12-20(13-11-18)22(27)23-3/h5-13,16-17H,14-15H2,1-4H3,(H,23,27)(H,24,26). The number of amides is 2. The summed E-state index contributed by atoms with van der Waals surface area (Å²) in [7, 11) is 3.54. The lowest BCUT2D eigenvalue weighted by Gasteiger charge is -2.25. The molecule has 2 aromatic carbocycles. The molecule has 2 atom stereocenters. The summed E-state index contributed by atoms with van der Waals surface area (Å²) in [6.07, 6.45) is 0. The SMILES string of the molecule is CNC(=O)c1ccc(CN(C)C(C)C(=O)NCC(C)c2ccccc2)cc1. The Labute approximate surface area is 161 Å². The largest absolute Gasteiger partial charge is 0.355 e. The highest BCUT2D eigenvalue weighted by Gasteiger charge is 2.19. The summed E-state index contributed by atoms with van der Waals surface area (Å²) in [5.74, 6) is 0.183. The second kappa shape index (κ2) is 9.88. The zero-order valence-electron chi connectivity index (χ0n) is 16.5. The fourth-order valence-electron chi connectivity index (χ4n) is 2.83. The fourth-order valence-corrected chi connectivity index (χ4v) is 2.83. The third kappa shape index (κ3) is 5.93. The summed E-state index contributed by atoms with van der Waals surface area (Å²) in [5.41, 5.74) is 2.90. The van der Waals surface area contributed by atoms with Crippen LogP contribution in [0.5, 0.6) is 0 Å². The smallest absolute Gasteiger partial charge is 0.251 e. The van der Waals surface area contributed by atoms with E-state index in [4.69, 9.17) is 0 Å². The van der Waals surface area contributed by atoms with E-state index in [1.54, 1.807) is 19.2 Å². The molecule has 0 aromatic heterocycles. The van der Waals surface area contributed by atoms with E-state index in [9.17, 15) is 9.59 Å². The van der Waals surface area contributed by atoms with Gasteiger partial charge >= 0.3 is 0 Å². The summed E-state index contributed by atoms with van der Waals surface area (Å²) in [6, 6.07) is 17.4. The maximum absolute atomic E-state index is 12.5. The number of likely N-dealkylation sites (N-methyl/N-ethyl adjacent to an activating group) is 1. The van der Waals surface area contributed by atoms with E-state index in [1.807, 2.05) is 49.2 Å². The number of hydrogen-bond donors (Lipinski definition) is 2. The molecule has 0 fully saturated rings. The topological polar surface area (TPSA) is 61.4 Å². The zero-order chi connectivity index (χ0) is 19.8. The number of carbonyl (C=O) groups is 2. The van der Waals surface area contributed by atoms with Crippen LogP contribution in [0.3, 0.4) is 0 Å². The molecule has 5 heteroatoms. The van der Waals surface area contributed by atoms with Crippen LogP contribution in [0.1, 0.15) is 41.3 Å². The van der Waals surface area contributed by atoms with Gasteiger partial charge in [0.05, 0.1) is 6.04 Å². The minimum absolute atomic E-state index is 0.0160. The molecule has 0 saturated carbocycles. The van der Waals surface area contributed by atoms with E-state index in [2.05, 4.69) is 29.7 Å². The monoisotopic (exact) mass is 367 g/mol. The Morgan fingerprint density at radius 1 is 1.00 bits per heavy atom. The van der Waals surface area contributed by atoms with Crippen LogP contribution >= 0.6 is 0 Å². The molecule has 0 heterocycles. The van der Waals surface area contributed by atoms with Crippen molar-refractivity contribution in [3.05, 3.63) is 71.3 Å². The molecule has 0 aliphatic carbocycles.